The van der Waals surface area contributed by atoms with Crippen molar-refractivity contribution in [2.24, 2.45) is 0 Å². The van der Waals surface area contributed by atoms with Crippen LogP contribution in [0.2, 0.25) is 15.1 Å². The summed E-state index contributed by atoms with van der Waals surface area (Å²) in [6, 6.07) is 11.1. The van der Waals surface area contributed by atoms with Gasteiger partial charge in [-0.25, -0.2) is 9.18 Å². The van der Waals surface area contributed by atoms with E-state index >= 15 is 4.39 Å². The minimum atomic E-state index is -1.43. The van der Waals surface area contributed by atoms with Crippen molar-refractivity contribution in [3.8, 4) is 34.4 Å². The Morgan fingerprint density at radius 3 is 2.07 bits per heavy atom. The summed E-state index contributed by atoms with van der Waals surface area (Å²) in [5.41, 5.74) is -1.12. The minimum absolute atomic E-state index is 0.00445. The molecule has 0 aliphatic rings. The van der Waals surface area contributed by atoms with Crippen LogP contribution in [-0.4, -0.2) is 36.2 Å². The molecule has 0 aliphatic carbocycles. The quantitative estimate of drug-likeness (QED) is 0.234. The molecule has 221 valence electrons. The summed E-state index contributed by atoms with van der Waals surface area (Å²) < 4.78 is 25.9. The maximum atomic E-state index is 15.6. The lowest BCUT2D eigenvalue weighted by Crippen LogP contribution is -2.17. The molecule has 0 saturated carbocycles. The number of esters is 2. The van der Waals surface area contributed by atoms with Crippen LogP contribution in [0.25, 0.3) is 22.3 Å². The van der Waals surface area contributed by atoms with Gasteiger partial charge in [0.1, 0.15) is 18.0 Å². The van der Waals surface area contributed by atoms with Crippen molar-refractivity contribution in [2.45, 2.75) is 39.5 Å². The molecule has 0 heterocycles. The summed E-state index contributed by atoms with van der Waals surface area (Å²) in [5, 5.41) is 29.0. The normalized spacial score (nSPS) is 12.0. The van der Waals surface area contributed by atoms with E-state index in [2.05, 4.69) is 6.07 Å². The summed E-state index contributed by atoms with van der Waals surface area (Å²) >= 11 is 19.4. The average Bonchev–Trinajstić information content (AvgIpc) is 2.96. The van der Waals surface area contributed by atoms with Gasteiger partial charge in [-0.3, -0.25) is 9.59 Å². The van der Waals surface area contributed by atoms with E-state index in [1.165, 1.54) is 19.9 Å². The standard InChI is InChI=1S/C31H23Cl3FN2O6/c1-5-42-30(40)14(3)17-8-19(26(35)11-24(17)33)20-10-25(34)28(22(13-37)27(20)15(4)31(41)43-6-2)21-9-18(29(38)39)16(12-36)7-23(21)32/h7-9,11,14-15H,5-6H2,1-4H3,(H,38,39). The fourth-order valence-electron chi connectivity index (χ4n) is 4.53. The third-order valence-corrected chi connectivity index (χ3v) is 7.54. The number of nitriles is 2. The Bertz CT molecular complexity index is 1730. The van der Waals surface area contributed by atoms with Crippen LogP contribution in [0.3, 0.4) is 0 Å². The Kier molecular flexibility index (Phi) is 10.8. The molecule has 1 radical (unpaired) electrons. The number of halogens is 4. The largest absolute Gasteiger partial charge is 0.478 e. The summed E-state index contributed by atoms with van der Waals surface area (Å²) in [6.45, 7) is 6.28. The van der Waals surface area contributed by atoms with Crippen LogP contribution in [0, 0.1) is 34.5 Å². The second-order valence-corrected chi connectivity index (χ2v) is 10.4. The molecule has 0 aromatic heterocycles. The zero-order chi connectivity index (χ0) is 32.2. The van der Waals surface area contributed by atoms with Crippen molar-refractivity contribution in [1.82, 2.24) is 0 Å². The molecular weight excluding hydrogens is 622 g/mol. The molecule has 3 aromatic carbocycles. The predicted octanol–water partition coefficient (Wildman–Crippen LogP) is 7.69. The topological polar surface area (TPSA) is 137 Å². The van der Waals surface area contributed by atoms with Gasteiger partial charge >= 0.3 is 17.9 Å². The number of rotatable bonds is 9. The third kappa shape index (κ3) is 6.60. The highest BCUT2D eigenvalue weighted by molar-refractivity contribution is 6.37. The van der Waals surface area contributed by atoms with Gasteiger partial charge in [-0.2, -0.15) is 10.5 Å². The molecule has 3 aromatic rings. The Labute approximate surface area is 262 Å². The zero-order valence-corrected chi connectivity index (χ0v) is 25.5. The highest BCUT2D eigenvalue weighted by Gasteiger charge is 2.31. The molecule has 0 saturated heterocycles. The monoisotopic (exact) mass is 643 g/mol. The van der Waals surface area contributed by atoms with Gasteiger partial charge in [0.05, 0.1) is 46.8 Å². The van der Waals surface area contributed by atoms with Crippen molar-refractivity contribution in [1.29, 1.82) is 10.5 Å². The van der Waals surface area contributed by atoms with Crippen LogP contribution < -0.4 is 0 Å². The van der Waals surface area contributed by atoms with Crippen molar-refractivity contribution < 1.29 is 33.4 Å². The maximum Gasteiger partial charge on any atom is 0.337 e. The summed E-state index contributed by atoms with van der Waals surface area (Å²) in [6.07, 6.45) is 0. The number of carboxylic acid groups (broad SMARTS) is 1. The van der Waals surface area contributed by atoms with Crippen LogP contribution in [0.1, 0.15) is 72.1 Å². The SMILES string of the molecule is CCOC(=O)C(C)c1cc(-c2[c]c(Cl)c(-c3cc(C(=O)O)c(C#N)cc3Cl)c(C#N)c2C(C)C(=O)OCC)c(F)cc1Cl. The molecule has 0 fully saturated rings. The number of carbonyl (C=O) groups is 3. The highest BCUT2D eigenvalue weighted by Crippen LogP contribution is 2.46. The van der Waals surface area contributed by atoms with Gasteiger partial charge in [-0.1, -0.05) is 34.8 Å². The first kappa shape index (κ1) is 33.4. The van der Waals surface area contributed by atoms with Gasteiger partial charge in [0.2, 0.25) is 0 Å². The fourth-order valence-corrected chi connectivity index (χ4v) is 5.39. The Morgan fingerprint density at radius 2 is 1.53 bits per heavy atom. The van der Waals surface area contributed by atoms with E-state index in [0.717, 1.165) is 18.2 Å². The van der Waals surface area contributed by atoms with E-state index in [1.807, 2.05) is 6.07 Å². The number of hydrogen-bond donors (Lipinski definition) is 1. The lowest BCUT2D eigenvalue weighted by molar-refractivity contribution is -0.145. The van der Waals surface area contributed by atoms with Crippen LogP contribution in [0.5, 0.6) is 0 Å². The molecule has 0 aliphatic heterocycles. The van der Waals surface area contributed by atoms with Crippen LogP contribution in [-0.2, 0) is 19.1 Å². The smallest absolute Gasteiger partial charge is 0.337 e. The molecule has 3 rings (SSSR count). The van der Waals surface area contributed by atoms with Gasteiger partial charge in [0.25, 0.3) is 0 Å². The first-order valence-corrected chi connectivity index (χ1v) is 13.9. The number of nitrogens with zero attached hydrogens (tertiary/aromatic N) is 2. The van der Waals surface area contributed by atoms with E-state index < -0.39 is 41.1 Å². The lowest BCUT2D eigenvalue weighted by atomic mass is 9.82. The van der Waals surface area contributed by atoms with Crippen molar-refractivity contribution in [2.75, 3.05) is 13.2 Å². The van der Waals surface area contributed by atoms with Crippen molar-refractivity contribution >= 4 is 52.7 Å². The molecule has 0 spiro atoms. The number of hydrogen-bond acceptors (Lipinski definition) is 7. The second-order valence-electron chi connectivity index (χ2n) is 9.19. The van der Waals surface area contributed by atoms with Crippen molar-refractivity contribution in [3.63, 3.8) is 0 Å². The number of carboxylic acids is 1. The molecular formula is C31H23Cl3FN2O6. The molecule has 12 heteroatoms. The predicted molar refractivity (Wildman–Crippen MR) is 158 cm³/mol. The van der Waals surface area contributed by atoms with Gasteiger partial charge in [-0.05, 0) is 68.7 Å². The summed E-state index contributed by atoms with van der Waals surface area (Å²) in [5.74, 6) is -5.76. The van der Waals surface area contributed by atoms with E-state index in [9.17, 15) is 30.0 Å². The number of aromatic carboxylic acids is 1. The first-order valence-electron chi connectivity index (χ1n) is 12.8. The van der Waals surface area contributed by atoms with E-state index in [4.69, 9.17) is 44.3 Å². The van der Waals surface area contributed by atoms with Gasteiger partial charge in [0.15, 0.2) is 0 Å². The van der Waals surface area contributed by atoms with E-state index in [0.29, 0.717) is 0 Å². The molecule has 2 atom stereocenters. The van der Waals surface area contributed by atoms with Crippen LogP contribution in [0.15, 0.2) is 24.3 Å². The fraction of sp³-hybridized carbons (Fsp3) is 0.258. The number of carbonyl (C=O) groups excluding carboxylic acids is 2. The Balaban J connectivity index is 2.49. The van der Waals surface area contributed by atoms with Gasteiger partial charge in [0, 0.05) is 32.8 Å². The minimum Gasteiger partial charge on any atom is -0.478 e. The van der Waals surface area contributed by atoms with Crippen LogP contribution in [0.4, 0.5) is 4.39 Å². The second kappa shape index (κ2) is 13.9. The molecule has 0 bridgehead atoms. The third-order valence-electron chi connectivity index (χ3n) is 6.62. The average molecular weight is 645 g/mol. The number of benzene rings is 3. The van der Waals surface area contributed by atoms with E-state index in [1.54, 1.807) is 19.9 Å². The van der Waals surface area contributed by atoms with Gasteiger partial charge < -0.3 is 14.6 Å². The Morgan fingerprint density at radius 1 is 0.930 bits per heavy atom. The lowest BCUT2D eigenvalue weighted by Gasteiger charge is -2.22. The molecule has 1 N–H and O–H groups in total. The molecule has 2 unspecified atom stereocenters. The maximum absolute atomic E-state index is 15.6. The summed E-state index contributed by atoms with van der Waals surface area (Å²) in [4.78, 5) is 37.4. The van der Waals surface area contributed by atoms with Crippen LogP contribution >= 0.6 is 34.8 Å². The molecule has 0 amide bonds. The highest BCUT2D eigenvalue weighted by atomic mass is 35.5. The zero-order valence-electron chi connectivity index (χ0n) is 23.3. The van der Waals surface area contributed by atoms with Gasteiger partial charge in [-0.15, -0.1) is 0 Å². The first-order chi connectivity index (χ1) is 20.3. The Hall–Kier alpha value is -4.15. The summed E-state index contributed by atoms with van der Waals surface area (Å²) in [7, 11) is 0. The van der Waals surface area contributed by atoms with Crippen molar-refractivity contribution in [3.05, 3.63) is 79.0 Å². The number of ether oxygens (including phenoxy) is 2. The molecule has 8 nitrogen and oxygen atoms in total. The van der Waals surface area contributed by atoms with E-state index in [-0.39, 0.29) is 72.8 Å². The molecule has 43 heavy (non-hydrogen) atoms.